The molecule has 1 aromatic heterocycles. The lowest BCUT2D eigenvalue weighted by molar-refractivity contribution is 0.213. The molecule has 0 saturated heterocycles. The first kappa shape index (κ1) is 16.5. The largest absolute Gasteiger partial charge is 0.396 e. The van der Waals surface area contributed by atoms with Gasteiger partial charge < -0.3 is 15.7 Å². The lowest BCUT2D eigenvalue weighted by Crippen LogP contribution is -2.42. The zero-order valence-corrected chi connectivity index (χ0v) is 13.6. The molecule has 3 N–H and O–H groups in total. The second kappa shape index (κ2) is 7.93. The van der Waals surface area contributed by atoms with Crippen LogP contribution in [0.5, 0.6) is 0 Å². The number of pyridine rings is 1. The van der Waals surface area contributed by atoms with Crippen LogP contribution in [0.3, 0.4) is 0 Å². The zero-order valence-electron chi connectivity index (χ0n) is 13.6. The number of urea groups is 1. The number of benzene rings is 1. The third-order valence-electron chi connectivity index (χ3n) is 4.50. The quantitative estimate of drug-likeness (QED) is 0.727. The topological polar surface area (TPSA) is 74.2 Å². The van der Waals surface area contributed by atoms with E-state index in [-0.39, 0.29) is 18.6 Å². The Labute approximate surface area is 142 Å². The summed E-state index contributed by atoms with van der Waals surface area (Å²) in [5.41, 5.74) is 3.63. The van der Waals surface area contributed by atoms with Crippen molar-refractivity contribution in [3.63, 3.8) is 0 Å². The van der Waals surface area contributed by atoms with Gasteiger partial charge in [0.05, 0.1) is 0 Å². The molecule has 0 saturated carbocycles. The summed E-state index contributed by atoms with van der Waals surface area (Å²) in [4.78, 5) is 16.2. The maximum atomic E-state index is 12.0. The summed E-state index contributed by atoms with van der Waals surface area (Å²) < 4.78 is 0. The van der Waals surface area contributed by atoms with Crippen LogP contribution in [-0.4, -0.2) is 35.8 Å². The number of aliphatic hydroxyl groups excluding tert-OH is 1. The van der Waals surface area contributed by atoms with E-state index in [9.17, 15) is 9.90 Å². The van der Waals surface area contributed by atoms with E-state index >= 15 is 0 Å². The molecule has 24 heavy (non-hydrogen) atoms. The molecule has 1 aliphatic carbocycles. The Bertz CT molecular complexity index is 675. The number of carbonyl (C=O) groups is 1. The third kappa shape index (κ3) is 4.11. The van der Waals surface area contributed by atoms with Gasteiger partial charge in [-0.25, -0.2) is 4.79 Å². The summed E-state index contributed by atoms with van der Waals surface area (Å²) in [6.45, 7) is 1.10. The molecule has 0 bridgehead atoms. The Morgan fingerprint density at radius 1 is 1.21 bits per heavy atom. The van der Waals surface area contributed by atoms with Gasteiger partial charge in [-0.2, -0.15) is 0 Å². The second-order valence-corrected chi connectivity index (χ2v) is 6.26. The van der Waals surface area contributed by atoms with Crippen LogP contribution < -0.4 is 10.6 Å². The number of hydrogen-bond acceptors (Lipinski definition) is 3. The molecule has 0 spiro atoms. The predicted molar refractivity (Wildman–Crippen MR) is 92.8 cm³/mol. The minimum absolute atomic E-state index is 0.0207. The molecule has 5 heteroatoms. The van der Waals surface area contributed by atoms with Gasteiger partial charge in [0.2, 0.25) is 0 Å². The van der Waals surface area contributed by atoms with Gasteiger partial charge >= 0.3 is 6.03 Å². The van der Waals surface area contributed by atoms with Gasteiger partial charge in [-0.1, -0.05) is 30.3 Å². The van der Waals surface area contributed by atoms with Crippen LogP contribution in [0.2, 0.25) is 0 Å². The van der Waals surface area contributed by atoms with Crippen molar-refractivity contribution in [2.75, 3.05) is 19.7 Å². The van der Waals surface area contributed by atoms with Crippen LogP contribution in [0.25, 0.3) is 0 Å². The average molecular weight is 325 g/mol. The smallest absolute Gasteiger partial charge is 0.314 e. The van der Waals surface area contributed by atoms with Crippen molar-refractivity contribution in [3.05, 3.63) is 65.5 Å². The Kier molecular flexibility index (Phi) is 5.43. The Morgan fingerprint density at radius 3 is 2.79 bits per heavy atom. The normalized spacial score (nSPS) is 16.6. The van der Waals surface area contributed by atoms with Crippen LogP contribution >= 0.6 is 0 Å². The van der Waals surface area contributed by atoms with Crippen molar-refractivity contribution in [3.8, 4) is 0 Å². The van der Waals surface area contributed by atoms with Gasteiger partial charge in [-0.15, -0.1) is 0 Å². The monoisotopic (exact) mass is 325 g/mol. The number of nitrogens with zero attached hydrogens (tertiary/aromatic N) is 1. The number of carbonyl (C=O) groups excluding carboxylic acids is 1. The molecule has 126 valence electrons. The van der Waals surface area contributed by atoms with E-state index in [1.165, 1.54) is 11.1 Å². The summed E-state index contributed by atoms with van der Waals surface area (Å²) in [7, 11) is 0. The predicted octanol–water partition coefficient (Wildman–Crippen LogP) is 1.87. The highest BCUT2D eigenvalue weighted by molar-refractivity contribution is 5.74. The van der Waals surface area contributed by atoms with Gasteiger partial charge in [0.1, 0.15) is 0 Å². The molecule has 0 fully saturated rings. The van der Waals surface area contributed by atoms with Crippen LogP contribution in [0, 0.1) is 5.92 Å². The highest BCUT2D eigenvalue weighted by Crippen LogP contribution is 2.33. The van der Waals surface area contributed by atoms with Gasteiger partial charge in [0, 0.05) is 43.4 Å². The fourth-order valence-corrected chi connectivity index (χ4v) is 3.08. The van der Waals surface area contributed by atoms with E-state index in [0.717, 1.165) is 12.1 Å². The number of rotatable bonds is 7. The minimum atomic E-state index is -0.182. The number of nitrogens with one attached hydrogen (secondary N) is 2. The maximum Gasteiger partial charge on any atom is 0.314 e. The fraction of sp³-hybridized carbons (Fsp3) is 0.368. The molecule has 1 aliphatic rings. The van der Waals surface area contributed by atoms with Gasteiger partial charge in [0.25, 0.3) is 0 Å². The van der Waals surface area contributed by atoms with Crippen molar-refractivity contribution >= 4 is 6.03 Å². The fourth-order valence-electron chi connectivity index (χ4n) is 3.08. The van der Waals surface area contributed by atoms with Crippen LogP contribution in [0.1, 0.15) is 22.7 Å². The van der Waals surface area contributed by atoms with E-state index in [1.807, 2.05) is 30.3 Å². The second-order valence-electron chi connectivity index (χ2n) is 6.26. The van der Waals surface area contributed by atoms with E-state index < -0.39 is 0 Å². The van der Waals surface area contributed by atoms with Crippen LogP contribution in [0.4, 0.5) is 4.79 Å². The summed E-state index contributed by atoms with van der Waals surface area (Å²) in [5.74, 6) is 0.379. The van der Waals surface area contributed by atoms with Crippen LogP contribution in [-0.2, 0) is 12.8 Å². The molecule has 5 nitrogen and oxygen atoms in total. The Balaban J connectivity index is 1.39. The molecule has 2 atom stereocenters. The van der Waals surface area contributed by atoms with Crippen molar-refractivity contribution < 1.29 is 9.90 Å². The van der Waals surface area contributed by atoms with Crippen molar-refractivity contribution in [1.82, 2.24) is 15.6 Å². The third-order valence-corrected chi connectivity index (χ3v) is 4.50. The Morgan fingerprint density at radius 2 is 2.04 bits per heavy atom. The number of aromatic nitrogens is 1. The van der Waals surface area contributed by atoms with Gasteiger partial charge in [0.15, 0.2) is 0 Å². The molecule has 3 rings (SSSR count). The van der Waals surface area contributed by atoms with E-state index in [4.69, 9.17) is 0 Å². The van der Waals surface area contributed by atoms with Crippen LogP contribution in [0.15, 0.2) is 48.7 Å². The SMILES string of the molecule is O=C(NCC(CO)Cc1ccccn1)NCC1Cc2ccccc21. The van der Waals surface area contributed by atoms with Gasteiger partial charge in [-0.3, -0.25) is 4.98 Å². The summed E-state index contributed by atoms with van der Waals surface area (Å²) in [5, 5.41) is 15.2. The Hall–Kier alpha value is -2.40. The first-order chi connectivity index (χ1) is 11.8. The molecule has 1 heterocycles. The molecule has 0 aliphatic heterocycles. The van der Waals surface area contributed by atoms with E-state index in [0.29, 0.717) is 25.4 Å². The number of amides is 2. The van der Waals surface area contributed by atoms with E-state index in [2.05, 4.69) is 27.8 Å². The van der Waals surface area contributed by atoms with E-state index in [1.54, 1.807) is 6.20 Å². The molecule has 2 unspecified atom stereocenters. The van der Waals surface area contributed by atoms with Crippen molar-refractivity contribution in [2.24, 2.45) is 5.92 Å². The lowest BCUT2D eigenvalue weighted by Gasteiger charge is -2.30. The zero-order chi connectivity index (χ0) is 16.8. The molecular weight excluding hydrogens is 302 g/mol. The van der Waals surface area contributed by atoms with Crippen molar-refractivity contribution in [2.45, 2.75) is 18.8 Å². The molecular formula is C19H23N3O2. The lowest BCUT2D eigenvalue weighted by atomic mass is 9.78. The molecule has 2 aromatic rings. The number of fused-ring (bicyclic) bond motifs is 1. The maximum absolute atomic E-state index is 12.0. The summed E-state index contributed by atoms with van der Waals surface area (Å²) in [6, 6.07) is 13.9. The highest BCUT2D eigenvalue weighted by Gasteiger charge is 2.25. The summed E-state index contributed by atoms with van der Waals surface area (Å²) >= 11 is 0. The first-order valence-electron chi connectivity index (χ1n) is 8.36. The standard InChI is InChI=1S/C19H23N3O2/c23-13-14(9-17-6-3-4-8-20-17)11-21-19(24)22-12-16-10-15-5-1-2-7-18(15)16/h1-8,14,16,23H,9-13H2,(H2,21,22,24). The van der Waals surface area contributed by atoms with Crippen molar-refractivity contribution in [1.29, 1.82) is 0 Å². The number of hydrogen-bond donors (Lipinski definition) is 3. The molecule has 1 aromatic carbocycles. The summed E-state index contributed by atoms with van der Waals surface area (Å²) in [6.07, 6.45) is 3.41. The highest BCUT2D eigenvalue weighted by atomic mass is 16.3. The molecule has 0 radical (unpaired) electrons. The average Bonchev–Trinajstić information content (AvgIpc) is 2.60. The number of aliphatic hydroxyl groups is 1. The first-order valence-corrected chi connectivity index (χ1v) is 8.36. The van der Waals surface area contributed by atoms with Gasteiger partial charge in [-0.05, 0) is 36.1 Å². The minimum Gasteiger partial charge on any atom is -0.396 e. The molecule has 2 amide bonds.